The predicted octanol–water partition coefficient (Wildman–Crippen LogP) is 4.45. The number of piperidine rings is 1. The molecule has 2 aromatic rings. The average molecular weight is 469 g/mol. The third-order valence-corrected chi connectivity index (χ3v) is 7.26. The van der Waals surface area contributed by atoms with Gasteiger partial charge in [0.25, 0.3) is 0 Å². The van der Waals surface area contributed by atoms with Gasteiger partial charge in [0, 0.05) is 35.3 Å². The van der Waals surface area contributed by atoms with Crippen molar-refractivity contribution in [2.45, 2.75) is 38.5 Å². The molecule has 0 spiro atoms. The molecule has 9 heteroatoms. The number of amides is 1. The smallest absolute Gasteiger partial charge is 0.227 e. The molecule has 0 unspecified atom stereocenters. The monoisotopic (exact) mass is 468 g/mol. The van der Waals surface area contributed by atoms with E-state index in [9.17, 15) is 17.6 Å². The van der Waals surface area contributed by atoms with Gasteiger partial charge in [-0.3, -0.25) is 4.79 Å². The van der Waals surface area contributed by atoms with E-state index in [1.165, 1.54) is 22.5 Å². The van der Waals surface area contributed by atoms with Gasteiger partial charge in [0.1, 0.15) is 11.6 Å². The third-order valence-electron chi connectivity index (χ3n) is 5.10. The second-order valence-electron chi connectivity index (χ2n) is 7.81. The molecule has 2 aromatic carbocycles. The van der Waals surface area contributed by atoms with Gasteiger partial charge in [-0.25, -0.2) is 17.1 Å². The van der Waals surface area contributed by atoms with E-state index in [4.69, 9.17) is 16.3 Å². The fraction of sp³-hybridized carbons (Fsp3) is 0.409. The van der Waals surface area contributed by atoms with Crippen LogP contribution in [0.15, 0.2) is 42.5 Å². The number of ether oxygens (including phenoxy) is 1. The van der Waals surface area contributed by atoms with E-state index in [1.807, 2.05) is 13.8 Å². The molecule has 0 radical (unpaired) electrons. The molecule has 1 heterocycles. The van der Waals surface area contributed by atoms with E-state index >= 15 is 0 Å². The molecule has 168 valence electrons. The van der Waals surface area contributed by atoms with E-state index in [1.54, 1.807) is 24.3 Å². The normalized spacial score (nSPS) is 15.8. The van der Waals surface area contributed by atoms with Crippen molar-refractivity contribution in [2.24, 2.45) is 5.92 Å². The molecule has 1 fully saturated rings. The summed E-state index contributed by atoms with van der Waals surface area (Å²) in [4.78, 5) is 12.6. The lowest BCUT2D eigenvalue weighted by atomic mass is 9.97. The Morgan fingerprint density at radius 3 is 2.42 bits per heavy atom. The van der Waals surface area contributed by atoms with E-state index in [-0.39, 0.29) is 41.6 Å². The fourth-order valence-electron chi connectivity index (χ4n) is 3.47. The van der Waals surface area contributed by atoms with Crippen molar-refractivity contribution < 1.29 is 22.3 Å². The van der Waals surface area contributed by atoms with Crippen LogP contribution in [-0.2, 0) is 20.6 Å². The highest BCUT2D eigenvalue weighted by Crippen LogP contribution is 2.27. The number of anilines is 1. The number of rotatable bonds is 7. The van der Waals surface area contributed by atoms with E-state index in [0.717, 1.165) is 5.75 Å². The summed E-state index contributed by atoms with van der Waals surface area (Å²) in [5.74, 6) is -0.862. The van der Waals surface area contributed by atoms with Crippen molar-refractivity contribution in [3.8, 4) is 5.75 Å². The second-order valence-corrected chi connectivity index (χ2v) is 10.2. The summed E-state index contributed by atoms with van der Waals surface area (Å²) in [5, 5.41) is 2.96. The molecule has 0 saturated carbocycles. The van der Waals surface area contributed by atoms with Crippen molar-refractivity contribution in [2.75, 3.05) is 18.4 Å². The lowest BCUT2D eigenvalue weighted by Crippen LogP contribution is -2.42. The number of nitrogens with one attached hydrogen (secondary N) is 1. The van der Waals surface area contributed by atoms with Crippen molar-refractivity contribution in [1.82, 2.24) is 4.31 Å². The van der Waals surface area contributed by atoms with Gasteiger partial charge in [0.2, 0.25) is 15.9 Å². The predicted molar refractivity (Wildman–Crippen MR) is 119 cm³/mol. The van der Waals surface area contributed by atoms with Crippen LogP contribution in [0, 0.1) is 11.7 Å². The first-order chi connectivity index (χ1) is 14.7. The molecule has 31 heavy (non-hydrogen) atoms. The van der Waals surface area contributed by atoms with Gasteiger partial charge in [-0.05, 0) is 63.1 Å². The molecule has 0 bridgehead atoms. The van der Waals surface area contributed by atoms with Crippen LogP contribution >= 0.6 is 11.6 Å². The van der Waals surface area contributed by atoms with Crippen LogP contribution in [0.4, 0.5) is 10.1 Å². The topological polar surface area (TPSA) is 75.7 Å². The maximum atomic E-state index is 14.0. The molecule has 0 aromatic heterocycles. The maximum absolute atomic E-state index is 14.0. The Labute approximate surface area is 187 Å². The molecular formula is C22H26ClFN2O4S. The van der Waals surface area contributed by atoms with Gasteiger partial charge in [-0.2, -0.15) is 0 Å². The molecule has 1 N–H and O–H groups in total. The number of benzene rings is 2. The van der Waals surface area contributed by atoms with Crippen LogP contribution in [0.25, 0.3) is 0 Å². The molecule has 6 nitrogen and oxygen atoms in total. The third kappa shape index (κ3) is 6.18. The number of hydrogen-bond acceptors (Lipinski definition) is 4. The zero-order valence-electron chi connectivity index (χ0n) is 17.5. The lowest BCUT2D eigenvalue weighted by molar-refractivity contribution is -0.120. The minimum absolute atomic E-state index is 0.0334. The Balaban J connectivity index is 1.55. The first-order valence-electron chi connectivity index (χ1n) is 10.1. The van der Waals surface area contributed by atoms with Crippen LogP contribution in [-0.4, -0.2) is 37.8 Å². The van der Waals surface area contributed by atoms with Gasteiger partial charge in [-0.15, -0.1) is 0 Å². The molecule has 0 atom stereocenters. The standard InChI is InChI=1S/C22H26ClFN2O4S/c1-15(2)30-18-8-6-17(7-9-18)25-22(27)16-10-12-26(13-11-16)31(28,29)14-19-20(23)4-3-5-21(19)24/h3-9,15-16H,10-14H2,1-2H3,(H,25,27). The van der Waals surface area contributed by atoms with Crippen LogP contribution < -0.4 is 10.1 Å². The van der Waals surface area contributed by atoms with Crippen LogP contribution in [0.1, 0.15) is 32.3 Å². The number of sulfonamides is 1. The SMILES string of the molecule is CC(C)Oc1ccc(NC(=O)C2CCN(S(=O)(=O)Cc3c(F)cccc3Cl)CC2)cc1. The summed E-state index contributed by atoms with van der Waals surface area (Å²) in [5.41, 5.74) is 0.624. The maximum Gasteiger partial charge on any atom is 0.227 e. The van der Waals surface area contributed by atoms with Crippen molar-refractivity contribution in [3.63, 3.8) is 0 Å². The van der Waals surface area contributed by atoms with Gasteiger partial charge < -0.3 is 10.1 Å². The Bertz CT molecular complexity index is 1000. The molecule has 1 aliphatic heterocycles. The van der Waals surface area contributed by atoms with Crippen LogP contribution in [0.3, 0.4) is 0 Å². The number of nitrogens with zero attached hydrogens (tertiary/aromatic N) is 1. The number of carbonyl (C=O) groups is 1. The first kappa shape index (κ1) is 23.5. The highest BCUT2D eigenvalue weighted by Gasteiger charge is 2.32. The lowest BCUT2D eigenvalue weighted by Gasteiger charge is -2.30. The highest BCUT2D eigenvalue weighted by molar-refractivity contribution is 7.88. The van der Waals surface area contributed by atoms with Crippen molar-refractivity contribution in [1.29, 1.82) is 0 Å². The minimum Gasteiger partial charge on any atom is -0.491 e. The Hall–Kier alpha value is -2.16. The molecule has 1 aliphatic rings. The van der Waals surface area contributed by atoms with Gasteiger partial charge in [0.05, 0.1) is 11.9 Å². The zero-order chi connectivity index (χ0) is 22.6. The molecule has 1 saturated heterocycles. The number of carbonyl (C=O) groups excluding carboxylic acids is 1. The van der Waals surface area contributed by atoms with E-state index in [2.05, 4.69) is 5.32 Å². The summed E-state index contributed by atoms with van der Waals surface area (Å²) in [6.45, 7) is 4.28. The Morgan fingerprint density at radius 1 is 1.19 bits per heavy atom. The highest BCUT2D eigenvalue weighted by atomic mass is 35.5. The largest absolute Gasteiger partial charge is 0.491 e. The quantitative estimate of drug-likeness (QED) is 0.651. The van der Waals surface area contributed by atoms with Crippen molar-refractivity contribution in [3.05, 3.63) is 58.9 Å². The van der Waals surface area contributed by atoms with Crippen LogP contribution in [0.5, 0.6) is 5.75 Å². The number of halogens is 2. The summed E-state index contributed by atoms with van der Waals surface area (Å²) < 4.78 is 46.3. The van der Waals surface area contributed by atoms with E-state index in [0.29, 0.717) is 18.5 Å². The summed E-state index contributed by atoms with van der Waals surface area (Å²) in [7, 11) is -3.74. The second kappa shape index (κ2) is 9.97. The Kier molecular flexibility index (Phi) is 7.56. The van der Waals surface area contributed by atoms with Gasteiger partial charge in [-0.1, -0.05) is 17.7 Å². The van der Waals surface area contributed by atoms with Gasteiger partial charge >= 0.3 is 0 Å². The molecule has 3 rings (SSSR count). The summed E-state index contributed by atoms with van der Waals surface area (Å²) in [6, 6.07) is 11.2. The summed E-state index contributed by atoms with van der Waals surface area (Å²) >= 11 is 5.97. The molecule has 1 amide bonds. The molecule has 0 aliphatic carbocycles. The fourth-order valence-corrected chi connectivity index (χ4v) is 5.39. The molecular weight excluding hydrogens is 443 g/mol. The van der Waals surface area contributed by atoms with Gasteiger partial charge in [0.15, 0.2) is 0 Å². The Morgan fingerprint density at radius 2 is 1.84 bits per heavy atom. The average Bonchev–Trinajstić information content (AvgIpc) is 2.72. The number of hydrogen-bond donors (Lipinski definition) is 1. The first-order valence-corrected chi connectivity index (χ1v) is 12.1. The van der Waals surface area contributed by atoms with Crippen LogP contribution in [0.2, 0.25) is 5.02 Å². The van der Waals surface area contributed by atoms with Crippen molar-refractivity contribution >= 4 is 33.2 Å². The summed E-state index contributed by atoms with van der Waals surface area (Å²) in [6.07, 6.45) is 0.853. The zero-order valence-corrected chi connectivity index (χ0v) is 19.0. The minimum atomic E-state index is -3.74. The van der Waals surface area contributed by atoms with E-state index < -0.39 is 21.6 Å².